The highest BCUT2D eigenvalue weighted by Crippen LogP contribution is 2.23. The lowest BCUT2D eigenvalue weighted by Gasteiger charge is -2.09. The van der Waals surface area contributed by atoms with E-state index in [1.165, 1.54) is 0 Å². The second kappa shape index (κ2) is 8.45. The van der Waals surface area contributed by atoms with Gasteiger partial charge in [0.2, 0.25) is 5.95 Å². The first-order valence-corrected chi connectivity index (χ1v) is 7.62. The van der Waals surface area contributed by atoms with Crippen LogP contribution in [0.3, 0.4) is 0 Å². The third-order valence-corrected chi connectivity index (χ3v) is 3.35. The van der Waals surface area contributed by atoms with E-state index in [-0.39, 0.29) is 5.91 Å². The topological polar surface area (TPSA) is 76.1 Å². The quantitative estimate of drug-likeness (QED) is 0.761. The van der Waals surface area contributed by atoms with Crippen LogP contribution in [0.5, 0.6) is 0 Å². The maximum absolute atomic E-state index is 12.1. The van der Waals surface area contributed by atoms with Crippen LogP contribution in [0.4, 0.5) is 11.6 Å². The maximum Gasteiger partial charge on any atom is 0.270 e. The third-order valence-electron chi connectivity index (χ3n) is 3.02. The van der Waals surface area contributed by atoms with Gasteiger partial charge in [0.15, 0.2) is 0 Å². The van der Waals surface area contributed by atoms with Crippen molar-refractivity contribution in [3.63, 3.8) is 0 Å². The molecule has 7 heteroatoms. The fourth-order valence-electron chi connectivity index (χ4n) is 1.93. The molecular formula is C16H19ClN4O2. The summed E-state index contributed by atoms with van der Waals surface area (Å²) in [5.74, 6) is 0.0916. The summed E-state index contributed by atoms with van der Waals surface area (Å²) in [7, 11) is 1.63. The van der Waals surface area contributed by atoms with Crippen molar-refractivity contribution in [2.75, 3.05) is 25.6 Å². The van der Waals surface area contributed by atoms with Gasteiger partial charge in [0.25, 0.3) is 5.91 Å². The van der Waals surface area contributed by atoms with Crippen LogP contribution >= 0.6 is 11.6 Å². The molecule has 0 aliphatic carbocycles. The minimum atomic E-state index is -0.242. The Morgan fingerprint density at radius 3 is 2.83 bits per heavy atom. The second-order valence-corrected chi connectivity index (χ2v) is 5.33. The molecule has 1 heterocycles. The summed E-state index contributed by atoms with van der Waals surface area (Å²) in [5, 5.41) is 6.39. The van der Waals surface area contributed by atoms with Crippen LogP contribution in [0.15, 0.2) is 30.3 Å². The molecule has 2 rings (SSSR count). The number of aryl methyl sites for hydroxylation is 1. The van der Waals surface area contributed by atoms with Crippen molar-refractivity contribution < 1.29 is 9.53 Å². The molecule has 122 valence electrons. The van der Waals surface area contributed by atoms with Gasteiger partial charge < -0.3 is 15.4 Å². The normalized spacial score (nSPS) is 10.4. The first kappa shape index (κ1) is 17.2. The van der Waals surface area contributed by atoms with Crippen molar-refractivity contribution in [1.29, 1.82) is 0 Å². The molecule has 2 N–H and O–H groups in total. The van der Waals surface area contributed by atoms with E-state index < -0.39 is 0 Å². The molecular weight excluding hydrogens is 316 g/mol. The van der Waals surface area contributed by atoms with Crippen LogP contribution in [-0.2, 0) is 4.74 Å². The fraction of sp³-hybridized carbons (Fsp3) is 0.312. The zero-order valence-electron chi connectivity index (χ0n) is 13.1. The summed E-state index contributed by atoms with van der Waals surface area (Å²) in [5.41, 5.74) is 1.69. The molecule has 1 aromatic carbocycles. The van der Waals surface area contributed by atoms with Crippen LogP contribution in [-0.4, -0.2) is 36.1 Å². The molecule has 0 aliphatic heterocycles. The van der Waals surface area contributed by atoms with Crippen molar-refractivity contribution in [1.82, 2.24) is 15.3 Å². The minimum absolute atomic E-state index is 0.242. The molecule has 0 fully saturated rings. The number of methoxy groups -OCH3 is 1. The molecule has 0 bridgehead atoms. The molecule has 23 heavy (non-hydrogen) atoms. The van der Waals surface area contributed by atoms with E-state index in [4.69, 9.17) is 16.3 Å². The van der Waals surface area contributed by atoms with Gasteiger partial charge in [-0.15, -0.1) is 0 Å². The highest BCUT2D eigenvalue weighted by molar-refractivity contribution is 6.33. The Labute approximate surface area is 140 Å². The summed E-state index contributed by atoms with van der Waals surface area (Å²) >= 11 is 6.11. The van der Waals surface area contributed by atoms with E-state index >= 15 is 0 Å². The van der Waals surface area contributed by atoms with E-state index in [1.807, 2.05) is 18.2 Å². The smallest absolute Gasteiger partial charge is 0.270 e. The standard InChI is InChI=1S/C16H19ClN4O2/c1-11-10-14(15(22)18-8-5-9-23-2)21-16(19-11)20-13-7-4-3-6-12(13)17/h3-4,6-7,10H,5,8-9H2,1-2H3,(H,18,22)(H,19,20,21). The predicted octanol–water partition coefficient (Wildman–Crippen LogP) is 2.95. The lowest BCUT2D eigenvalue weighted by molar-refractivity contribution is 0.0943. The van der Waals surface area contributed by atoms with Gasteiger partial charge in [0.05, 0.1) is 10.7 Å². The predicted molar refractivity (Wildman–Crippen MR) is 90.3 cm³/mol. The van der Waals surface area contributed by atoms with Crippen molar-refractivity contribution >= 4 is 29.1 Å². The molecule has 6 nitrogen and oxygen atoms in total. The van der Waals surface area contributed by atoms with E-state index in [2.05, 4.69) is 20.6 Å². The van der Waals surface area contributed by atoms with Gasteiger partial charge in [0.1, 0.15) is 5.69 Å². The lowest BCUT2D eigenvalue weighted by atomic mass is 10.3. The summed E-state index contributed by atoms with van der Waals surface area (Å²) < 4.78 is 4.95. The summed E-state index contributed by atoms with van der Waals surface area (Å²) in [6, 6.07) is 8.92. The van der Waals surface area contributed by atoms with Crippen LogP contribution in [0.2, 0.25) is 5.02 Å². The second-order valence-electron chi connectivity index (χ2n) is 4.93. The molecule has 2 aromatic rings. The van der Waals surface area contributed by atoms with E-state index in [0.717, 1.165) is 6.42 Å². The zero-order chi connectivity index (χ0) is 16.7. The van der Waals surface area contributed by atoms with Crippen LogP contribution in [0.25, 0.3) is 0 Å². The number of aromatic nitrogens is 2. The number of nitrogens with zero attached hydrogens (tertiary/aromatic N) is 2. The number of carbonyl (C=O) groups excluding carboxylic acids is 1. The first-order chi connectivity index (χ1) is 11.1. The Bertz CT molecular complexity index is 679. The summed E-state index contributed by atoms with van der Waals surface area (Å²) in [6.45, 7) is 2.94. The number of carbonyl (C=O) groups is 1. The van der Waals surface area contributed by atoms with Crippen molar-refractivity contribution in [3.05, 3.63) is 46.7 Å². The molecule has 0 radical (unpaired) electrons. The van der Waals surface area contributed by atoms with Gasteiger partial charge in [-0.05, 0) is 31.5 Å². The van der Waals surface area contributed by atoms with E-state index in [0.29, 0.717) is 41.2 Å². The Kier molecular flexibility index (Phi) is 6.31. The van der Waals surface area contributed by atoms with Crippen molar-refractivity contribution in [3.8, 4) is 0 Å². The van der Waals surface area contributed by atoms with Crippen molar-refractivity contribution in [2.45, 2.75) is 13.3 Å². The van der Waals surface area contributed by atoms with Gasteiger partial charge in [-0.2, -0.15) is 0 Å². The highest BCUT2D eigenvalue weighted by atomic mass is 35.5. The number of halogens is 1. The van der Waals surface area contributed by atoms with Crippen molar-refractivity contribution in [2.24, 2.45) is 0 Å². The largest absolute Gasteiger partial charge is 0.385 e. The summed E-state index contributed by atoms with van der Waals surface area (Å²) in [4.78, 5) is 20.7. The Morgan fingerprint density at radius 1 is 1.30 bits per heavy atom. The number of hydrogen-bond donors (Lipinski definition) is 2. The molecule has 0 aliphatic rings. The van der Waals surface area contributed by atoms with Gasteiger partial charge >= 0.3 is 0 Å². The Hall–Kier alpha value is -2.18. The van der Waals surface area contributed by atoms with Gasteiger partial charge in [-0.1, -0.05) is 23.7 Å². The maximum atomic E-state index is 12.1. The van der Waals surface area contributed by atoms with Crippen LogP contribution < -0.4 is 10.6 Å². The van der Waals surface area contributed by atoms with Gasteiger partial charge in [-0.3, -0.25) is 4.79 Å². The minimum Gasteiger partial charge on any atom is -0.385 e. The van der Waals surface area contributed by atoms with Crippen LogP contribution in [0, 0.1) is 6.92 Å². The third kappa shape index (κ3) is 5.19. The number of amides is 1. The molecule has 1 aromatic heterocycles. The Balaban J connectivity index is 2.09. The number of hydrogen-bond acceptors (Lipinski definition) is 5. The molecule has 0 unspecified atom stereocenters. The average Bonchev–Trinajstić information content (AvgIpc) is 2.53. The highest BCUT2D eigenvalue weighted by Gasteiger charge is 2.11. The lowest BCUT2D eigenvalue weighted by Crippen LogP contribution is -2.26. The molecule has 1 amide bonds. The molecule has 0 spiro atoms. The van der Waals surface area contributed by atoms with E-state index in [9.17, 15) is 4.79 Å². The number of anilines is 2. The zero-order valence-corrected chi connectivity index (χ0v) is 13.9. The number of para-hydroxylation sites is 1. The van der Waals surface area contributed by atoms with E-state index in [1.54, 1.807) is 26.2 Å². The molecule has 0 saturated heterocycles. The Morgan fingerprint density at radius 2 is 2.09 bits per heavy atom. The number of benzene rings is 1. The van der Waals surface area contributed by atoms with Crippen LogP contribution in [0.1, 0.15) is 22.6 Å². The molecule has 0 atom stereocenters. The summed E-state index contributed by atoms with van der Waals surface area (Å²) in [6.07, 6.45) is 0.747. The average molecular weight is 335 g/mol. The number of nitrogens with one attached hydrogen (secondary N) is 2. The first-order valence-electron chi connectivity index (χ1n) is 7.24. The van der Waals surface area contributed by atoms with Gasteiger partial charge in [0, 0.05) is 26.0 Å². The number of rotatable bonds is 7. The fourth-order valence-corrected chi connectivity index (χ4v) is 2.12. The monoisotopic (exact) mass is 334 g/mol. The van der Waals surface area contributed by atoms with Gasteiger partial charge in [-0.25, -0.2) is 9.97 Å². The molecule has 0 saturated carbocycles. The SMILES string of the molecule is COCCCNC(=O)c1cc(C)nc(Nc2ccccc2Cl)n1. The number of ether oxygens (including phenoxy) is 1.